The van der Waals surface area contributed by atoms with Gasteiger partial charge in [0.15, 0.2) is 0 Å². The van der Waals surface area contributed by atoms with E-state index < -0.39 is 0 Å². The van der Waals surface area contributed by atoms with Gasteiger partial charge >= 0.3 is 5.97 Å². The zero-order valence-electron chi connectivity index (χ0n) is 13.5. The first-order valence-corrected chi connectivity index (χ1v) is 7.31. The Morgan fingerprint density at radius 2 is 1.95 bits per heavy atom. The number of methoxy groups -OCH3 is 1. The van der Waals surface area contributed by atoms with Gasteiger partial charge in [-0.15, -0.1) is 0 Å². The Labute approximate surface area is 122 Å². The SMILES string of the molecule is CCC(C)C(NC(C)c1cc(C)ccc1C)C(=O)OC. The van der Waals surface area contributed by atoms with Crippen molar-refractivity contribution >= 4 is 5.97 Å². The highest BCUT2D eigenvalue weighted by Gasteiger charge is 2.26. The number of esters is 1. The second kappa shape index (κ2) is 7.44. The van der Waals surface area contributed by atoms with Crippen LogP contribution in [0.1, 0.15) is 49.9 Å². The number of rotatable bonds is 6. The molecule has 0 heterocycles. The lowest BCUT2D eigenvalue weighted by molar-refractivity contribution is -0.144. The van der Waals surface area contributed by atoms with E-state index in [-0.39, 0.29) is 24.0 Å². The average molecular weight is 277 g/mol. The second-order valence-corrected chi connectivity index (χ2v) is 5.63. The fraction of sp³-hybridized carbons (Fsp3) is 0.588. The maximum atomic E-state index is 11.9. The minimum Gasteiger partial charge on any atom is -0.468 e. The normalized spacial score (nSPS) is 15.5. The van der Waals surface area contributed by atoms with Crippen LogP contribution < -0.4 is 5.32 Å². The molecule has 0 aliphatic carbocycles. The number of hydrogen-bond donors (Lipinski definition) is 1. The summed E-state index contributed by atoms with van der Waals surface area (Å²) in [6, 6.07) is 6.27. The van der Waals surface area contributed by atoms with Crippen molar-refractivity contribution in [2.24, 2.45) is 5.92 Å². The van der Waals surface area contributed by atoms with Crippen molar-refractivity contribution in [3.05, 3.63) is 34.9 Å². The zero-order valence-corrected chi connectivity index (χ0v) is 13.5. The molecule has 3 unspecified atom stereocenters. The van der Waals surface area contributed by atoms with Gasteiger partial charge in [-0.1, -0.05) is 44.0 Å². The Morgan fingerprint density at radius 1 is 1.30 bits per heavy atom. The number of aryl methyl sites for hydroxylation is 2. The molecule has 3 heteroatoms. The van der Waals surface area contributed by atoms with Crippen LogP contribution in [0.5, 0.6) is 0 Å². The molecule has 0 aliphatic heterocycles. The first-order chi connectivity index (χ1) is 9.40. The minimum atomic E-state index is -0.264. The summed E-state index contributed by atoms with van der Waals surface area (Å²) in [5.41, 5.74) is 3.71. The van der Waals surface area contributed by atoms with Gasteiger partial charge in [-0.05, 0) is 37.8 Å². The Bertz CT molecular complexity index is 456. The van der Waals surface area contributed by atoms with Gasteiger partial charge in [-0.2, -0.15) is 0 Å². The van der Waals surface area contributed by atoms with Crippen LogP contribution in [0, 0.1) is 19.8 Å². The highest BCUT2D eigenvalue weighted by atomic mass is 16.5. The molecule has 20 heavy (non-hydrogen) atoms. The Morgan fingerprint density at radius 3 is 2.50 bits per heavy atom. The van der Waals surface area contributed by atoms with Gasteiger partial charge in [0.05, 0.1) is 7.11 Å². The maximum absolute atomic E-state index is 11.9. The van der Waals surface area contributed by atoms with E-state index >= 15 is 0 Å². The molecule has 0 aromatic heterocycles. The van der Waals surface area contributed by atoms with Gasteiger partial charge in [-0.3, -0.25) is 10.1 Å². The van der Waals surface area contributed by atoms with Gasteiger partial charge in [0.2, 0.25) is 0 Å². The number of ether oxygens (including phenoxy) is 1. The third-order valence-electron chi connectivity index (χ3n) is 4.00. The average Bonchev–Trinajstić information content (AvgIpc) is 2.45. The fourth-order valence-corrected chi connectivity index (χ4v) is 2.41. The minimum absolute atomic E-state index is 0.119. The van der Waals surface area contributed by atoms with Crippen LogP contribution >= 0.6 is 0 Å². The van der Waals surface area contributed by atoms with Crippen molar-refractivity contribution in [1.82, 2.24) is 5.32 Å². The molecule has 0 saturated carbocycles. The molecule has 0 aliphatic rings. The molecule has 0 radical (unpaired) electrons. The van der Waals surface area contributed by atoms with Crippen LogP contribution in [0.25, 0.3) is 0 Å². The number of nitrogens with one attached hydrogen (secondary N) is 1. The predicted molar refractivity (Wildman–Crippen MR) is 82.7 cm³/mol. The molecule has 0 bridgehead atoms. The molecule has 0 spiro atoms. The lowest BCUT2D eigenvalue weighted by Gasteiger charge is -2.27. The lowest BCUT2D eigenvalue weighted by Crippen LogP contribution is -2.43. The third kappa shape index (κ3) is 4.07. The number of carbonyl (C=O) groups is 1. The molecular weight excluding hydrogens is 250 g/mol. The highest BCUT2D eigenvalue weighted by molar-refractivity contribution is 5.76. The van der Waals surface area contributed by atoms with E-state index in [0.717, 1.165) is 6.42 Å². The summed E-state index contributed by atoms with van der Waals surface area (Å²) in [7, 11) is 1.45. The highest BCUT2D eigenvalue weighted by Crippen LogP contribution is 2.21. The summed E-state index contributed by atoms with van der Waals surface area (Å²) in [6.45, 7) is 10.4. The molecule has 3 nitrogen and oxygen atoms in total. The maximum Gasteiger partial charge on any atom is 0.323 e. The largest absolute Gasteiger partial charge is 0.468 e. The van der Waals surface area contributed by atoms with Crippen LogP contribution in [-0.2, 0) is 9.53 Å². The number of carbonyl (C=O) groups excluding carboxylic acids is 1. The third-order valence-corrected chi connectivity index (χ3v) is 4.00. The van der Waals surface area contributed by atoms with E-state index in [0.29, 0.717) is 0 Å². The first-order valence-electron chi connectivity index (χ1n) is 7.31. The zero-order chi connectivity index (χ0) is 15.3. The van der Waals surface area contributed by atoms with Gasteiger partial charge in [0.25, 0.3) is 0 Å². The van der Waals surface area contributed by atoms with Crippen molar-refractivity contribution < 1.29 is 9.53 Å². The Kier molecular flexibility index (Phi) is 6.21. The molecule has 0 amide bonds. The smallest absolute Gasteiger partial charge is 0.323 e. The van der Waals surface area contributed by atoms with E-state index in [1.54, 1.807) is 0 Å². The van der Waals surface area contributed by atoms with Crippen LogP contribution in [0.2, 0.25) is 0 Å². The van der Waals surface area contributed by atoms with Gasteiger partial charge in [0, 0.05) is 6.04 Å². The Hall–Kier alpha value is -1.35. The fourth-order valence-electron chi connectivity index (χ4n) is 2.41. The molecule has 1 aromatic carbocycles. The molecule has 112 valence electrons. The standard InChI is InChI=1S/C17H27NO2/c1-7-12(3)16(17(19)20-6)18-14(5)15-10-11(2)8-9-13(15)4/h8-10,12,14,16,18H,7H2,1-6H3. The molecule has 0 fully saturated rings. The van der Waals surface area contributed by atoms with E-state index in [2.05, 4.69) is 58.1 Å². The molecule has 1 N–H and O–H groups in total. The summed E-state index contributed by atoms with van der Waals surface area (Å²) in [4.78, 5) is 11.9. The summed E-state index contributed by atoms with van der Waals surface area (Å²) in [5.74, 6) is 0.0616. The van der Waals surface area contributed by atoms with Crippen LogP contribution in [0.3, 0.4) is 0 Å². The van der Waals surface area contributed by atoms with Crippen molar-refractivity contribution in [3.63, 3.8) is 0 Å². The van der Waals surface area contributed by atoms with E-state index in [1.165, 1.54) is 23.8 Å². The lowest BCUT2D eigenvalue weighted by atomic mass is 9.95. The van der Waals surface area contributed by atoms with Crippen molar-refractivity contribution in [2.75, 3.05) is 7.11 Å². The molecule has 1 aromatic rings. The second-order valence-electron chi connectivity index (χ2n) is 5.63. The van der Waals surface area contributed by atoms with Gasteiger partial charge < -0.3 is 4.74 Å². The van der Waals surface area contributed by atoms with E-state index in [4.69, 9.17) is 4.74 Å². The molecule has 1 rings (SSSR count). The quantitative estimate of drug-likeness (QED) is 0.808. The summed E-state index contributed by atoms with van der Waals surface area (Å²) in [5, 5.41) is 3.43. The van der Waals surface area contributed by atoms with E-state index in [9.17, 15) is 4.79 Å². The summed E-state index contributed by atoms with van der Waals surface area (Å²) in [6.07, 6.45) is 0.937. The summed E-state index contributed by atoms with van der Waals surface area (Å²) >= 11 is 0. The van der Waals surface area contributed by atoms with Crippen molar-refractivity contribution in [3.8, 4) is 0 Å². The number of benzene rings is 1. The first kappa shape index (κ1) is 16.7. The van der Waals surface area contributed by atoms with Crippen LogP contribution in [0.15, 0.2) is 18.2 Å². The Balaban J connectivity index is 2.92. The summed E-state index contributed by atoms with van der Waals surface area (Å²) < 4.78 is 4.92. The van der Waals surface area contributed by atoms with Crippen LogP contribution in [-0.4, -0.2) is 19.1 Å². The van der Waals surface area contributed by atoms with Gasteiger partial charge in [0.1, 0.15) is 6.04 Å². The topological polar surface area (TPSA) is 38.3 Å². The monoisotopic (exact) mass is 277 g/mol. The number of hydrogen-bond acceptors (Lipinski definition) is 3. The van der Waals surface area contributed by atoms with Crippen molar-refractivity contribution in [2.45, 2.75) is 53.1 Å². The molecular formula is C17H27NO2. The van der Waals surface area contributed by atoms with Gasteiger partial charge in [-0.25, -0.2) is 0 Å². The van der Waals surface area contributed by atoms with E-state index in [1.807, 2.05) is 0 Å². The molecule has 0 saturated heterocycles. The predicted octanol–water partition coefficient (Wildman–Crippen LogP) is 3.54. The van der Waals surface area contributed by atoms with Crippen molar-refractivity contribution in [1.29, 1.82) is 0 Å². The molecule has 3 atom stereocenters. The van der Waals surface area contributed by atoms with Crippen LogP contribution in [0.4, 0.5) is 0 Å².